The molecular formula is C7H5F2Zn. The molecule has 0 saturated heterocycles. The molecule has 0 saturated carbocycles. The molecule has 1 rings (SSSR count). The van der Waals surface area contributed by atoms with Gasteiger partial charge in [-0.3, -0.25) is 0 Å². The average Bonchev–Trinajstić information content (AvgIpc) is 1.88. The first kappa shape index (κ1) is 7.81. The van der Waals surface area contributed by atoms with Crippen LogP contribution in [0.4, 0.5) is 8.78 Å². The van der Waals surface area contributed by atoms with Gasteiger partial charge in [0.1, 0.15) is 0 Å². The Hall–Kier alpha value is -0.297. The van der Waals surface area contributed by atoms with Crippen molar-refractivity contribution in [1.82, 2.24) is 0 Å². The maximum absolute atomic E-state index is 12.6. The molecule has 0 heterocycles. The van der Waals surface area contributed by atoms with Gasteiger partial charge in [-0.25, -0.2) is 0 Å². The molecule has 0 spiro atoms. The van der Waals surface area contributed by atoms with Gasteiger partial charge < -0.3 is 0 Å². The van der Waals surface area contributed by atoms with Crippen molar-refractivity contribution in [2.45, 2.75) is 4.77 Å². The summed E-state index contributed by atoms with van der Waals surface area (Å²) < 4.78 is 24.0. The summed E-state index contributed by atoms with van der Waals surface area (Å²) in [7, 11) is 0. The summed E-state index contributed by atoms with van der Waals surface area (Å²) in [6.45, 7) is 0. The normalized spacial score (nSPS) is 13.2. The number of rotatable bonds is 1. The van der Waals surface area contributed by atoms with Crippen LogP contribution >= 0.6 is 0 Å². The van der Waals surface area contributed by atoms with E-state index in [0.29, 0.717) is 18.3 Å². The molecule has 0 bridgehead atoms. The molecule has 49 valence electrons. The van der Waals surface area contributed by atoms with E-state index in [1.807, 2.05) is 0 Å². The number of alkyl halides is 1. The van der Waals surface area contributed by atoms with Crippen molar-refractivity contribution in [3.05, 3.63) is 35.6 Å². The maximum atomic E-state index is 12.6. The second-order valence-electron chi connectivity index (χ2n) is 1.99. The quantitative estimate of drug-likeness (QED) is 0.599. The Bertz CT molecular complexity index is 223. The van der Waals surface area contributed by atoms with Crippen LogP contribution in [0.2, 0.25) is 0 Å². The van der Waals surface area contributed by atoms with Crippen LogP contribution in [0.3, 0.4) is 0 Å². The van der Waals surface area contributed by atoms with Crippen molar-refractivity contribution in [3.8, 4) is 0 Å². The summed E-state index contributed by atoms with van der Waals surface area (Å²) in [5.41, 5.74) is 0.183. The molecule has 10 heavy (non-hydrogen) atoms. The predicted octanol–water partition coefficient (Wildman–Crippen LogP) is 2.34. The number of hydrogen-bond acceptors (Lipinski definition) is 0. The second kappa shape index (κ2) is 3.20. The van der Waals surface area contributed by atoms with Gasteiger partial charge in [-0.1, -0.05) is 0 Å². The van der Waals surface area contributed by atoms with Gasteiger partial charge in [0.2, 0.25) is 0 Å². The van der Waals surface area contributed by atoms with Crippen LogP contribution in [0.15, 0.2) is 24.3 Å². The summed E-state index contributed by atoms with van der Waals surface area (Å²) in [6, 6.07) is 5.95. The molecular weight excluding hydrogens is 187 g/mol. The molecule has 3 heteroatoms. The fourth-order valence-corrected chi connectivity index (χ4v) is 1.42. The SMILES string of the molecule is Fc1ccccc1[CH](F)[Zn]. The second-order valence-corrected chi connectivity index (χ2v) is 3.49. The summed E-state index contributed by atoms with van der Waals surface area (Å²) >= 11 is 0.445. The van der Waals surface area contributed by atoms with Crippen LogP contribution in [0, 0.1) is 5.82 Å². The zero-order chi connectivity index (χ0) is 7.56. The van der Waals surface area contributed by atoms with Gasteiger partial charge in [-0.2, -0.15) is 0 Å². The molecule has 0 N–H and O–H groups in total. The molecule has 0 radical (unpaired) electrons. The molecule has 1 aromatic carbocycles. The predicted molar refractivity (Wildman–Crippen MR) is 30.2 cm³/mol. The van der Waals surface area contributed by atoms with E-state index in [0.717, 1.165) is 0 Å². The zero-order valence-electron chi connectivity index (χ0n) is 5.35. The number of halogens is 2. The van der Waals surface area contributed by atoms with Crippen molar-refractivity contribution >= 4 is 0 Å². The summed E-state index contributed by atoms with van der Waals surface area (Å²) in [6.07, 6.45) is 0. The Kier molecular flexibility index (Phi) is 2.50. The first-order valence-electron chi connectivity index (χ1n) is 2.93. The van der Waals surface area contributed by atoms with Gasteiger partial charge in [0, 0.05) is 0 Å². The van der Waals surface area contributed by atoms with Crippen molar-refractivity contribution in [3.63, 3.8) is 0 Å². The van der Waals surface area contributed by atoms with E-state index >= 15 is 0 Å². The fraction of sp³-hybridized carbons (Fsp3) is 0.143. The molecule has 0 aliphatic carbocycles. The number of hydrogen-bond donors (Lipinski definition) is 0. The van der Waals surface area contributed by atoms with Crippen molar-refractivity contribution in [2.75, 3.05) is 0 Å². The zero-order valence-corrected chi connectivity index (χ0v) is 8.32. The van der Waals surface area contributed by atoms with Crippen LogP contribution in [-0.4, -0.2) is 0 Å². The van der Waals surface area contributed by atoms with E-state index in [1.54, 1.807) is 12.1 Å². The summed E-state index contributed by atoms with van der Waals surface area (Å²) in [4.78, 5) is 0. The molecule has 1 unspecified atom stereocenters. The Morgan fingerprint density at radius 2 is 1.90 bits per heavy atom. The molecule has 0 aliphatic rings. The molecule has 0 amide bonds. The first-order valence-corrected chi connectivity index (χ1v) is 4.64. The molecule has 0 aromatic heterocycles. The summed E-state index contributed by atoms with van der Waals surface area (Å²) in [5.74, 6) is -0.443. The third-order valence-electron chi connectivity index (χ3n) is 1.24. The van der Waals surface area contributed by atoms with Gasteiger partial charge in [0.15, 0.2) is 0 Å². The summed E-state index contributed by atoms with van der Waals surface area (Å²) in [5, 5.41) is 0. The number of benzene rings is 1. The monoisotopic (exact) mass is 191 g/mol. The van der Waals surface area contributed by atoms with Gasteiger partial charge in [-0.05, 0) is 0 Å². The molecule has 1 atom stereocenters. The average molecular weight is 193 g/mol. The Morgan fingerprint density at radius 3 is 2.30 bits per heavy atom. The van der Waals surface area contributed by atoms with Crippen molar-refractivity contribution < 1.29 is 27.1 Å². The van der Waals surface area contributed by atoms with E-state index in [-0.39, 0.29) is 5.56 Å². The Morgan fingerprint density at radius 1 is 1.30 bits per heavy atom. The van der Waals surface area contributed by atoms with Gasteiger partial charge in [-0.15, -0.1) is 0 Å². The Balaban J connectivity index is 3.03. The molecule has 1 aromatic rings. The van der Waals surface area contributed by atoms with E-state index < -0.39 is 10.6 Å². The van der Waals surface area contributed by atoms with E-state index in [9.17, 15) is 8.78 Å². The topological polar surface area (TPSA) is 0 Å². The molecule has 0 aliphatic heterocycles. The van der Waals surface area contributed by atoms with E-state index in [4.69, 9.17) is 0 Å². The fourth-order valence-electron chi connectivity index (χ4n) is 0.729. The third-order valence-corrected chi connectivity index (χ3v) is 2.17. The van der Waals surface area contributed by atoms with Crippen molar-refractivity contribution in [1.29, 1.82) is 0 Å². The third kappa shape index (κ3) is 1.60. The Labute approximate surface area is 67.9 Å². The minimum atomic E-state index is -1.10. The van der Waals surface area contributed by atoms with Crippen LogP contribution in [-0.2, 0) is 18.3 Å². The van der Waals surface area contributed by atoms with Crippen LogP contribution in [0.5, 0.6) is 0 Å². The van der Waals surface area contributed by atoms with Gasteiger partial charge in [0.05, 0.1) is 0 Å². The molecule has 0 fully saturated rings. The van der Waals surface area contributed by atoms with E-state index in [2.05, 4.69) is 0 Å². The van der Waals surface area contributed by atoms with Crippen LogP contribution < -0.4 is 0 Å². The standard InChI is InChI=1S/C7H5F2.Zn/c8-5-6-3-1-2-4-7(6)9;/h1-5H;. The van der Waals surface area contributed by atoms with Crippen LogP contribution in [0.1, 0.15) is 10.3 Å². The van der Waals surface area contributed by atoms with E-state index in [1.165, 1.54) is 12.1 Å². The van der Waals surface area contributed by atoms with Crippen molar-refractivity contribution in [2.24, 2.45) is 0 Å². The minimum absolute atomic E-state index is 0.183. The first-order chi connectivity index (χ1) is 4.72. The van der Waals surface area contributed by atoms with Gasteiger partial charge in [0.25, 0.3) is 0 Å². The van der Waals surface area contributed by atoms with Crippen LogP contribution in [0.25, 0.3) is 0 Å². The van der Waals surface area contributed by atoms with Gasteiger partial charge >= 0.3 is 67.5 Å². The molecule has 0 nitrogen and oxygen atoms in total.